The molecule has 1 radical (unpaired) electrons. The molecule has 0 saturated carbocycles. The van der Waals surface area contributed by atoms with Gasteiger partial charge in [-0.3, -0.25) is 0 Å². The molecule has 1 N–H and O–H groups in total. The maximum Gasteiger partial charge on any atom is 0.197 e. The van der Waals surface area contributed by atoms with Crippen molar-refractivity contribution in [1.82, 2.24) is 4.57 Å². The molecule has 0 bridgehead atoms. The largest absolute Gasteiger partial charge is 0.355 e. The van der Waals surface area contributed by atoms with E-state index in [1.54, 1.807) is 0 Å². The third-order valence-electron chi connectivity index (χ3n) is 10.1. The molecular formula is C40H34BN2Si. The predicted octanol–water partition coefficient (Wildman–Crippen LogP) is 8.50. The molecule has 0 amide bonds. The summed E-state index contributed by atoms with van der Waals surface area (Å²) in [5.41, 5.74) is 14.2. The second-order valence-corrected chi connectivity index (χ2v) is 19.2. The number of aromatic nitrogens is 1. The number of hydrogen-bond acceptors (Lipinski definition) is 1. The number of nitrogens with zero attached hydrogens (tertiary/aromatic N) is 1. The molecule has 0 fully saturated rings. The fourth-order valence-electron chi connectivity index (χ4n) is 8.00. The number of para-hydroxylation sites is 3. The van der Waals surface area contributed by atoms with Crippen LogP contribution < -0.4 is 21.4 Å². The Balaban J connectivity index is 1.50. The van der Waals surface area contributed by atoms with Gasteiger partial charge in [-0.05, 0) is 62.4 Å². The first kappa shape index (κ1) is 25.9. The van der Waals surface area contributed by atoms with Crippen molar-refractivity contribution in [3.8, 4) is 16.8 Å². The van der Waals surface area contributed by atoms with Crippen LogP contribution in [-0.4, -0.2) is 19.9 Å². The van der Waals surface area contributed by atoms with Crippen molar-refractivity contribution in [3.63, 3.8) is 0 Å². The Hall–Kier alpha value is -4.54. The van der Waals surface area contributed by atoms with E-state index in [9.17, 15) is 0 Å². The first-order valence-electron chi connectivity index (χ1n) is 15.7. The standard InChI is InChI=1S/C40H34BN2Si/c1-40(2)29-19-13-20-31-37(29)43-38-30(40)22-24-14-9-10-17-26(24)34(38)35-33(44(3,4)5)23-28(36(41-31)39(35)43)27-18-11-12-21-32(27)42-25-15-7-6-8-16-25/h6-23,42H,1-5H3. The van der Waals surface area contributed by atoms with Crippen LogP contribution >= 0.6 is 0 Å². The third-order valence-corrected chi connectivity index (χ3v) is 12.1. The average Bonchev–Trinajstić information content (AvgIpc) is 3.37. The van der Waals surface area contributed by atoms with Crippen molar-refractivity contribution in [3.05, 3.63) is 120 Å². The summed E-state index contributed by atoms with van der Waals surface area (Å²) in [6.07, 6.45) is 0. The zero-order chi connectivity index (χ0) is 30.0. The molecule has 7 aromatic rings. The Morgan fingerprint density at radius 3 is 2.25 bits per heavy atom. The third kappa shape index (κ3) is 3.38. The van der Waals surface area contributed by atoms with Crippen LogP contribution in [0.5, 0.6) is 0 Å². The molecule has 1 aromatic heterocycles. The lowest BCUT2D eigenvalue weighted by atomic mass is 9.57. The lowest BCUT2D eigenvalue weighted by molar-refractivity contribution is 0.632. The predicted molar refractivity (Wildman–Crippen MR) is 194 cm³/mol. The van der Waals surface area contributed by atoms with Gasteiger partial charge in [0.25, 0.3) is 0 Å². The summed E-state index contributed by atoms with van der Waals surface area (Å²) >= 11 is 0. The minimum absolute atomic E-state index is 0.113. The molecule has 2 nitrogen and oxygen atoms in total. The highest BCUT2D eigenvalue weighted by atomic mass is 28.3. The van der Waals surface area contributed by atoms with E-state index in [0.717, 1.165) is 11.4 Å². The highest BCUT2D eigenvalue weighted by molar-refractivity contribution is 6.91. The Morgan fingerprint density at radius 2 is 1.43 bits per heavy atom. The van der Waals surface area contributed by atoms with Gasteiger partial charge in [-0.1, -0.05) is 124 Å². The second-order valence-electron chi connectivity index (χ2n) is 14.1. The van der Waals surface area contributed by atoms with Crippen LogP contribution in [0.3, 0.4) is 0 Å². The van der Waals surface area contributed by atoms with Gasteiger partial charge in [0.1, 0.15) is 0 Å². The average molecular weight is 582 g/mol. The van der Waals surface area contributed by atoms with Crippen LogP contribution in [-0.2, 0) is 5.41 Å². The fraction of sp³-hybridized carbons (Fsp3) is 0.150. The van der Waals surface area contributed by atoms with E-state index in [1.165, 1.54) is 76.6 Å². The monoisotopic (exact) mass is 581 g/mol. The first-order valence-corrected chi connectivity index (χ1v) is 19.2. The van der Waals surface area contributed by atoms with Gasteiger partial charge in [-0.2, -0.15) is 0 Å². The van der Waals surface area contributed by atoms with Gasteiger partial charge in [0, 0.05) is 44.3 Å². The lowest BCUT2D eigenvalue weighted by Crippen LogP contribution is -2.44. The Labute approximate surface area is 260 Å². The van der Waals surface area contributed by atoms with E-state index in [0.29, 0.717) is 0 Å². The number of fused-ring (bicyclic) bond motifs is 3. The SMILES string of the molecule is CC1(C)c2cccc3c2-n2c4c(c(-c5ccccc5Nc5ccccc5)cc([Si](C)(C)C)c4c4c5ccccc5cc1c42)[B]3. The van der Waals surface area contributed by atoms with Crippen molar-refractivity contribution in [2.24, 2.45) is 0 Å². The van der Waals surface area contributed by atoms with Crippen LogP contribution in [0.2, 0.25) is 19.6 Å². The van der Waals surface area contributed by atoms with E-state index in [1.807, 2.05) is 0 Å². The Kier molecular flexibility index (Phi) is 5.16. The van der Waals surface area contributed by atoms with Gasteiger partial charge in [0.2, 0.25) is 0 Å². The number of hydrogen-bond donors (Lipinski definition) is 1. The van der Waals surface area contributed by atoms with E-state index in [2.05, 4.69) is 160 Å². The summed E-state index contributed by atoms with van der Waals surface area (Å²) in [5.74, 6) is 0. The maximum atomic E-state index is 3.75. The van der Waals surface area contributed by atoms with Crippen molar-refractivity contribution in [1.29, 1.82) is 0 Å². The van der Waals surface area contributed by atoms with Gasteiger partial charge >= 0.3 is 0 Å². The van der Waals surface area contributed by atoms with Gasteiger partial charge < -0.3 is 9.88 Å². The van der Waals surface area contributed by atoms with E-state index in [4.69, 9.17) is 0 Å². The van der Waals surface area contributed by atoms with Gasteiger partial charge in [-0.25, -0.2) is 0 Å². The molecule has 0 unspecified atom stereocenters. The van der Waals surface area contributed by atoms with Crippen molar-refractivity contribution in [2.45, 2.75) is 38.9 Å². The molecule has 0 atom stereocenters. The summed E-state index contributed by atoms with van der Waals surface area (Å²) in [4.78, 5) is 0. The molecule has 6 aromatic carbocycles. The highest BCUT2D eigenvalue weighted by Crippen LogP contribution is 2.50. The molecule has 2 aliphatic rings. The molecule has 44 heavy (non-hydrogen) atoms. The molecule has 0 saturated heterocycles. The molecule has 2 aliphatic heterocycles. The fourth-order valence-corrected chi connectivity index (χ4v) is 9.57. The Bertz CT molecular complexity index is 2340. The highest BCUT2D eigenvalue weighted by Gasteiger charge is 2.41. The van der Waals surface area contributed by atoms with Crippen LogP contribution in [0.1, 0.15) is 25.0 Å². The van der Waals surface area contributed by atoms with Crippen molar-refractivity contribution in [2.75, 3.05) is 5.32 Å². The van der Waals surface area contributed by atoms with Crippen LogP contribution in [0.15, 0.2) is 109 Å². The molecule has 3 heterocycles. The number of anilines is 2. The summed E-state index contributed by atoms with van der Waals surface area (Å²) in [5, 5.41) is 10.9. The van der Waals surface area contributed by atoms with Crippen LogP contribution in [0, 0.1) is 0 Å². The Morgan fingerprint density at radius 1 is 0.682 bits per heavy atom. The van der Waals surface area contributed by atoms with Gasteiger partial charge in [0.05, 0.1) is 13.6 Å². The molecule has 0 aliphatic carbocycles. The number of rotatable bonds is 4. The zero-order valence-corrected chi connectivity index (χ0v) is 26.9. The lowest BCUT2D eigenvalue weighted by Gasteiger charge is -2.38. The number of nitrogens with one attached hydrogen (secondary N) is 1. The minimum Gasteiger partial charge on any atom is -0.355 e. The van der Waals surface area contributed by atoms with Crippen LogP contribution in [0.25, 0.3) is 49.4 Å². The zero-order valence-electron chi connectivity index (χ0n) is 25.9. The van der Waals surface area contributed by atoms with Crippen LogP contribution in [0.4, 0.5) is 11.4 Å². The van der Waals surface area contributed by atoms with E-state index < -0.39 is 8.07 Å². The van der Waals surface area contributed by atoms with Crippen molar-refractivity contribution >= 4 is 75.4 Å². The van der Waals surface area contributed by atoms with Gasteiger partial charge in [0.15, 0.2) is 7.28 Å². The van der Waals surface area contributed by atoms with E-state index >= 15 is 0 Å². The van der Waals surface area contributed by atoms with Crippen molar-refractivity contribution < 1.29 is 0 Å². The maximum absolute atomic E-state index is 3.75. The summed E-state index contributed by atoms with van der Waals surface area (Å²) in [6.45, 7) is 12.4. The summed E-state index contributed by atoms with van der Waals surface area (Å²) in [7, 11) is 0.646. The first-order chi connectivity index (χ1) is 21.2. The second kappa shape index (κ2) is 8.77. The minimum atomic E-state index is -1.83. The topological polar surface area (TPSA) is 17.0 Å². The summed E-state index contributed by atoms with van der Waals surface area (Å²) < 4.78 is 2.66. The quantitative estimate of drug-likeness (QED) is 0.206. The number of benzene rings is 6. The summed E-state index contributed by atoms with van der Waals surface area (Å²) in [6, 6.07) is 40.4. The smallest absolute Gasteiger partial charge is 0.197 e. The molecular weight excluding hydrogens is 547 g/mol. The normalized spacial score (nSPS) is 14.4. The van der Waals surface area contributed by atoms with E-state index in [-0.39, 0.29) is 5.41 Å². The molecule has 4 heteroatoms. The molecule has 211 valence electrons. The molecule has 9 rings (SSSR count). The molecule has 0 spiro atoms. The van der Waals surface area contributed by atoms with Gasteiger partial charge in [-0.15, -0.1) is 0 Å².